The molecule has 1 saturated carbocycles. The highest BCUT2D eigenvalue weighted by Gasteiger charge is 2.27. The average Bonchev–Trinajstić information content (AvgIpc) is 2.89. The number of hydrogen-bond donors (Lipinski definition) is 4. The monoisotopic (exact) mass is 312 g/mol. The summed E-state index contributed by atoms with van der Waals surface area (Å²) in [7, 11) is 0. The molecule has 4 N–H and O–H groups in total. The molecule has 0 bridgehead atoms. The molecule has 1 aromatic heterocycles. The van der Waals surface area contributed by atoms with E-state index >= 15 is 0 Å². The number of rotatable bonds is 4. The van der Waals surface area contributed by atoms with Gasteiger partial charge in [-0.2, -0.15) is 0 Å². The summed E-state index contributed by atoms with van der Waals surface area (Å²) in [6, 6.07) is 1.48. The largest absolute Gasteiger partial charge is 0.479 e. The summed E-state index contributed by atoms with van der Waals surface area (Å²) in [5.74, 6) is -1.10. The Morgan fingerprint density at radius 1 is 1.29 bits per heavy atom. The van der Waals surface area contributed by atoms with Gasteiger partial charge in [0.25, 0.3) is 0 Å². The number of carboxylic acid groups (broad SMARTS) is 1. The maximum Gasteiger partial charge on any atom is 0.331 e. The SMILES string of the molecule is O=C(NC(C(=O)O)c1cccs1)NC1CCCCCC1O. The molecule has 3 unspecified atom stereocenters. The smallest absolute Gasteiger partial charge is 0.331 e. The van der Waals surface area contributed by atoms with Gasteiger partial charge in [0, 0.05) is 4.88 Å². The molecule has 0 aliphatic heterocycles. The number of nitrogens with one attached hydrogen (secondary N) is 2. The third-order valence-electron chi connectivity index (χ3n) is 3.65. The lowest BCUT2D eigenvalue weighted by Gasteiger charge is -2.23. The molecule has 1 aromatic rings. The first-order valence-corrected chi connectivity index (χ1v) is 7.97. The van der Waals surface area contributed by atoms with Gasteiger partial charge in [0.2, 0.25) is 0 Å². The van der Waals surface area contributed by atoms with Crippen LogP contribution in [-0.2, 0) is 4.79 Å². The fourth-order valence-electron chi connectivity index (χ4n) is 2.51. The highest BCUT2D eigenvalue weighted by Crippen LogP contribution is 2.20. The summed E-state index contributed by atoms with van der Waals surface area (Å²) in [6.45, 7) is 0. The number of thiophene rings is 1. The molecule has 2 rings (SSSR count). The van der Waals surface area contributed by atoms with Crippen LogP contribution in [0.25, 0.3) is 0 Å². The van der Waals surface area contributed by atoms with Gasteiger partial charge in [0.15, 0.2) is 6.04 Å². The van der Waals surface area contributed by atoms with E-state index in [0.29, 0.717) is 17.7 Å². The summed E-state index contributed by atoms with van der Waals surface area (Å²) in [6.07, 6.45) is 3.76. The minimum Gasteiger partial charge on any atom is -0.479 e. The van der Waals surface area contributed by atoms with Crippen LogP contribution >= 0.6 is 11.3 Å². The Labute approximate surface area is 127 Å². The van der Waals surface area contributed by atoms with Crippen molar-refractivity contribution in [2.45, 2.75) is 50.3 Å². The fourth-order valence-corrected chi connectivity index (χ4v) is 3.27. The lowest BCUT2D eigenvalue weighted by atomic mass is 10.1. The van der Waals surface area contributed by atoms with Crippen LogP contribution in [0.4, 0.5) is 4.79 Å². The van der Waals surface area contributed by atoms with Crippen molar-refractivity contribution in [1.82, 2.24) is 10.6 Å². The van der Waals surface area contributed by atoms with Gasteiger partial charge in [0.1, 0.15) is 0 Å². The lowest BCUT2D eigenvalue weighted by molar-refractivity contribution is -0.139. The number of aliphatic carboxylic acids is 1. The zero-order valence-corrected chi connectivity index (χ0v) is 12.4. The molecule has 116 valence electrons. The van der Waals surface area contributed by atoms with Gasteiger partial charge < -0.3 is 20.8 Å². The highest BCUT2D eigenvalue weighted by atomic mass is 32.1. The van der Waals surface area contributed by atoms with Crippen LogP contribution in [0.15, 0.2) is 17.5 Å². The van der Waals surface area contributed by atoms with E-state index in [1.807, 2.05) is 0 Å². The molecule has 1 heterocycles. The molecule has 1 aliphatic carbocycles. The molecule has 0 radical (unpaired) electrons. The minimum atomic E-state index is -1.10. The van der Waals surface area contributed by atoms with E-state index in [-0.39, 0.29) is 6.04 Å². The number of amides is 2. The van der Waals surface area contributed by atoms with Crippen molar-refractivity contribution in [3.8, 4) is 0 Å². The molecule has 2 amide bonds. The number of hydrogen-bond acceptors (Lipinski definition) is 4. The third-order valence-corrected chi connectivity index (χ3v) is 4.58. The summed E-state index contributed by atoms with van der Waals surface area (Å²) >= 11 is 1.28. The summed E-state index contributed by atoms with van der Waals surface area (Å²) < 4.78 is 0. The van der Waals surface area contributed by atoms with E-state index in [1.54, 1.807) is 17.5 Å². The van der Waals surface area contributed by atoms with E-state index in [2.05, 4.69) is 10.6 Å². The van der Waals surface area contributed by atoms with Crippen LogP contribution < -0.4 is 10.6 Å². The molecular formula is C14H20N2O4S. The van der Waals surface area contributed by atoms with Crippen LogP contribution in [0.5, 0.6) is 0 Å². The van der Waals surface area contributed by atoms with Crippen molar-refractivity contribution in [3.63, 3.8) is 0 Å². The van der Waals surface area contributed by atoms with E-state index in [9.17, 15) is 19.8 Å². The molecule has 1 fully saturated rings. The Morgan fingerprint density at radius 2 is 2.05 bits per heavy atom. The predicted octanol–water partition coefficient (Wildman–Crippen LogP) is 1.87. The number of carbonyl (C=O) groups excluding carboxylic acids is 1. The van der Waals surface area contributed by atoms with Gasteiger partial charge >= 0.3 is 12.0 Å². The number of aliphatic hydroxyl groups excluding tert-OH is 1. The van der Waals surface area contributed by atoms with Crippen molar-refractivity contribution in [3.05, 3.63) is 22.4 Å². The second kappa shape index (κ2) is 7.42. The molecule has 0 saturated heterocycles. The van der Waals surface area contributed by atoms with E-state index < -0.39 is 24.1 Å². The third kappa shape index (κ3) is 4.44. The molecule has 0 spiro atoms. The lowest BCUT2D eigenvalue weighted by Crippen LogP contribution is -2.49. The fraction of sp³-hybridized carbons (Fsp3) is 0.571. The Bertz CT molecular complexity index is 477. The molecule has 7 heteroatoms. The second-order valence-electron chi connectivity index (χ2n) is 5.22. The second-order valence-corrected chi connectivity index (χ2v) is 6.20. The first kappa shape index (κ1) is 15.8. The maximum atomic E-state index is 12.0. The van der Waals surface area contributed by atoms with Crippen LogP contribution in [0.3, 0.4) is 0 Å². The van der Waals surface area contributed by atoms with Crippen molar-refractivity contribution < 1.29 is 19.8 Å². The van der Waals surface area contributed by atoms with Gasteiger partial charge in [-0.25, -0.2) is 9.59 Å². The summed E-state index contributed by atoms with van der Waals surface area (Å²) in [5.41, 5.74) is 0. The van der Waals surface area contributed by atoms with Crippen LogP contribution in [-0.4, -0.2) is 34.4 Å². The standard InChI is InChI=1S/C14H20N2O4S/c17-10-6-3-1-2-5-9(10)15-14(20)16-12(13(18)19)11-7-4-8-21-11/h4,7-10,12,17H,1-3,5-6H2,(H,18,19)(H2,15,16,20). The summed E-state index contributed by atoms with van der Waals surface area (Å²) in [5, 5.41) is 26.1. The van der Waals surface area contributed by atoms with Crippen molar-refractivity contribution in [2.75, 3.05) is 0 Å². The molecule has 1 aliphatic rings. The van der Waals surface area contributed by atoms with E-state index in [0.717, 1.165) is 19.3 Å². The molecule has 0 aromatic carbocycles. The van der Waals surface area contributed by atoms with Gasteiger partial charge in [-0.1, -0.05) is 25.3 Å². The predicted molar refractivity (Wildman–Crippen MR) is 79.2 cm³/mol. The maximum absolute atomic E-state index is 12.0. The Balaban J connectivity index is 1.94. The number of carboxylic acids is 1. The van der Waals surface area contributed by atoms with Crippen molar-refractivity contribution in [2.24, 2.45) is 0 Å². The van der Waals surface area contributed by atoms with Crippen molar-refractivity contribution in [1.29, 1.82) is 0 Å². The number of aliphatic hydroxyl groups is 1. The topological polar surface area (TPSA) is 98.7 Å². The van der Waals surface area contributed by atoms with Crippen LogP contribution in [0, 0.1) is 0 Å². The quantitative estimate of drug-likeness (QED) is 0.638. The average molecular weight is 312 g/mol. The van der Waals surface area contributed by atoms with Crippen molar-refractivity contribution >= 4 is 23.3 Å². The number of carbonyl (C=O) groups is 2. The zero-order chi connectivity index (χ0) is 15.2. The normalized spacial score (nSPS) is 23.9. The van der Waals surface area contributed by atoms with Gasteiger partial charge in [-0.3, -0.25) is 0 Å². The summed E-state index contributed by atoms with van der Waals surface area (Å²) in [4.78, 5) is 23.8. The molecular weight excluding hydrogens is 292 g/mol. The Morgan fingerprint density at radius 3 is 2.71 bits per heavy atom. The highest BCUT2D eigenvalue weighted by molar-refractivity contribution is 7.10. The van der Waals surface area contributed by atoms with Crippen LogP contribution in [0.1, 0.15) is 43.0 Å². The first-order valence-electron chi connectivity index (χ1n) is 7.09. The van der Waals surface area contributed by atoms with Gasteiger partial charge in [-0.15, -0.1) is 11.3 Å². The zero-order valence-electron chi connectivity index (χ0n) is 11.6. The van der Waals surface area contributed by atoms with Gasteiger partial charge in [0.05, 0.1) is 12.1 Å². The van der Waals surface area contributed by atoms with Gasteiger partial charge in [-0.05, 0) is 24.3 Å². The molecule has 6 nitrogen and oxygen atoms in total. The Hall–Kier alpha value is -1.60. The number of urea groups is 1. The first-order chi connectivity index (χ1) is 10.1. The van der Waals surface area contributed by atoms with E-state index in [1.165, 1.54) is 11.3 Å². The van der Waals surface area contributed by atoms with E-state index in [4.69, 9.17) is 0 Å². The van der Waals surface area contributed by atoms with Crippen LogP contribution in [0.2, 0.25) is 0 Å². The molecule has 21 heavy (non-hydrogen) atoms. The minimum absolute atomic E-state index is 0.315. The Kier molecular flexibility index (Phi) is 5.58. The molecule has 3 atom stereocenters.